The molecule has 4 rings (SSSR count). The van der Waals surface area contributed by atoms with Crippen molar-refractivity contribution in [1.29, 1.82) is 0 Å². The molecule has 3 unspecified atom stereocenters. The third-order valence-electron chi connectivity index (χ3n) is 5.34. The molecule has 4 nitrogen and oxygen atoms in total. The van der Waals surface area contributed by atoms with Crippen LogP contribution >= 0.6 is 0 Å². The first-order valence-corrected chi connectivity index (χ1v) is 9.08. The highest BCUT2D eigenvalue weighted by molar-refractivity contribution is 5.15. The van der Waals surface area contributed by atoms with Crippen LogP contribution in [0.15, 0.2) is 49.1 Å². The second-order valence-electron chi connectivity index (χ2n) is 7.00. The van der Waals surface area contributed by atoms with Gasteiger partial charge in [0.1, 0.15) is 6.04 Å². The lowest BCUT2D eigenvalue weighted by Crippen LogP contribution is -3.07. The van der Waals surface area contributed by atoms with Crippen LogP contribution in [0.25, 0.3) is 0 Å². The monoisotopic (exact) mass is 326 g/mol. The molecule has 0 aromatic carbocycles. The molecular weight excluding hydrogens is 296 g/mol. The average Bonchev–Trinajstić information content (AvgIpc) is 3.25. The van der Waals surface area contributed by atoms with E-state index in [0.717, 1.165) is 0 Å². The van der Waals surface area contributed by atoms with Gasteiger partial charge in [0, 0.05) is 49.2 Å². The topological polar surface area (TPSA) is 33.5 Å². The highest BCUT2D eigenvalue weighted by Gasteiger charge is 2.26. The summed E-state index contributed by atoms with van der Waals surface area (Å²) in [5.41, 5.74) is 2.75. The van der Waals surface area contributed by atoms with Crippen LogP contribution in [0.2, 0.25) is 0 Å². The van der Waals surface area contributed by atoms with Crippen LogP contribution in [0.3, 0.4) is 0 Å². The number of likely N-dealkylation sites (tertiary alicyclic amines) is 2. The molecule has 24 heavy (non-hydrogen) atoms. The van der Waals surface area contributed by atoms with E-state index in [4.69, 9.17) is 0 Å². The van der Waals surface area contributed by atoms with Crippen molar-refractivity contribution in [2.24, 2.45) is 0 Å². The number of nitrogens with zero attached hydrogens (tertiary/aromatic N) is 3. The zero-order valence-corrected chi connectivity index (χ0v) is 14.9. The number of aromatic nitrogens is 2. The number of rotatable bonds is 2. The van der Waals surface area contributed by atoms with E-state index in [2.05, 4.69) is 41.1 Å². The number of quaternary nitrogens is 1. The van der Waals surface area contributed by atoms with E-state index in [1.54, 1.807) is 4.90 Å². The minimum Gasteiger partial charge on any atom is -0.331 e. The Hall–Kier alpha value is -1.78. The second kappa shape index (κ2) is 8.36. The van der Waals surface area contributed by atoms with Gasteiger partial charge >= 0.3 is 1.43 Å². The highest BCUT2D eigenvalue weighted by Crippen LogP contribution is 2.29. The van der Waals surface area contributed by atoms with E-state index in [9.17, 15) is 0 Å². The van der Waals surface area contributed by atoms with Crippen LogP contribution < -0.4 is 4.90 Å². The molecule has 128 valence electrons. The van der Waals surface area contributed by atoms with Crippen molar-refractivity contribution >= 4 is 0 Å². The number of nitrogens with one attached hydrogen (secondary N) is 1. The Balaban J connectivity index is 0.000000173. The number of pyridine rings is 2. The second-order valence-corrected chi connectivity index (χ2v) is 7.00. The summed E-state index contributed by atoms with van der Waals surface area (Å²) in [7, 11) is 4.45. The van der Waals surface area contributed by atoms with E-state index < -0.39 is 0 Å². The van der Waals surface area contributed by atoms with Gasteiger partial charge in [-0.05, 0) is 44.1 Å². The summed E-state index contributed by atoms with van der Waals surface area (Å²) in [6.45, 7) is 2.53. The van der Waals surface area contributed by atoms with Gasteiger partial charge in [-0.3, -0.25) is 14.9 Å². The van der Waals surface area contributed by atoms with Gasteiger partial charge in [0.15, 0.2) is 0 Å². The molecule has 0 amide bonds. The van der Waals surface area contributed by atoms with Gasteiger partial charge in [-0.15, -0.1) is 0 Å². The fraction of sp³-hybridized carbons (Fsp3) is 0.500. The predicted octanol–water partition coefficient (Wildman–Crippen LogP) is 2.39. The van der Waals surface area contributed by atoms with E-state index in [1.165, 1.54) is 49.9 Å². The summed E-state index contributed by atoms with van der Waals surface area (Å²) in [6.07, 6.45) is 12.9. The molecule has 0 bridgehead atoms. The molecule has 2 aromatic rings. The maximum Gasteiger partial charge on any atom is 1.00 e. The minimum absolute atomic E-state index is 0. The molecule has 0 spiro atoms. The zero-order valence-electron chi connectivity index (χ0n) is 15.9. The molecule has 4 heteroatoms. The van der Waals surface area contributed by atoms with Crippen molar-refractivity contribution in [3.8, 4) is 0 Å². The molecule has 1 N–H and O–H groups in total. The molecular formula is C20H30N4+2. The molecule has 0 radical (unpaired) electrons. The van der Waals surface area contributed by atoms with Crippen LogP contribution in [-0.4, -0.2) is 42.1 Å². The van der Waals surface area contributed by atoms with Crippen LogP contribution in [0, 0.1) is 0 Å². The van der Waals surface area contributed by atoms with Crippen molar-refractivity contribution < 1.29 is 6.33 Å². The molecule has 2 aliphatic heterocycles. The van der Waals surface area contributed by atoms with Gasteiger partial charge in [-0.2, -0.15) is 0 Å². The lowest BCUT2D eigenvalue weighted by molar-refractivity contribution is -0.898. The quantitative estimate of drug-likeness (QED) is 0.920. The van der Waals surface area contributed by atoms with Crippen LogP contribution in [0.5, 0.6) is 0 Å². The minimum atomic E-state index is 0. The van der Waals surface area contributed by atoms with Gasteiger partial charge in [0.25, 0.3) is 0 Å². The Morgan fingerprint density at radius 2 is 1.75 bits per heavy atom. The first-order valence-electron chi connectivity index (χ1n) is 9.08. The van der Waals surface area contributed by atoms with Crippen molar-refractivity contribution in [3.63, 3.8) is 0 Å². The Kier molecular flexibility index (Phi) is 5.94. The molecule has 3 atom stereocenters. The van der Waals surface area contributed by atoms with Crippen LogP contribution in [0.4, 0.5) is 0 Å². The molecule has 2 saturated heterocycles. The average molecular weight is 326 g/mol. The smallest absolute Gasteiger partial charge is 0.331 e. The SMILES string of the molecule is CN1CCCC1c1cccnc1.C[NH+]1CCCC1c1cccnc1.[H+]. The molecule has 0 saturated carbocycles. The molecule has 2 fully saturated rings. The Labute approximate surface area is 147 Å². The zero-order chi connectivity index (χ0) is 16.8. The summed E-state index contributed by atoms with van der Waals surface area (Å²) < 4.78 is 0. The van der Waals surface area contributed by atoms with Gasteiger partial charge in [0.05, 0.1) is 13.6 Å². The third-order valence-corrected chi connectivity index (χ3v) is 5.34. The van der Waals surface area contributed by atoms with Gasteiger partial charge in [0.2, 0.25) is 0 Å². The van der Waals surface area contributed by atoms with Crippen LogP contribution in [-0.2, 0) is 0 Å². The van der Waals surface area contributed by atoms with Crippen molar-refractivity contribution in [2.75, 3.05) is 27.2 Å². The predicted molar refractivity (Wildman–Crippen MR) is 97.9 cm³/mol. The molecule has 2 aromatic heterocycles. The molecule has 2 aliphatic rings. The summed E-state index contributed by atoms with van der Waals surface area (Å²) in [4.78, 5) is 12.3. The fourth-order valence-corrected chi connectivity index (χ4v) is 3.94. The van der Waals surface area contributed by atoms with Gasteiger partial charge in [-0.25, -0.2) is 0 Å². The largest absolute Gasteiger partial charge is 1.00 e. The summed E-state index contributed by atoms with van der Waals surface area (Å²) in [5, 5.41) is 0. The fourth-order valence-electron chi connectivity index (χ4n) is 3.94. The number of hydrogen-bond donors (Lipinski definition) is 1. The lowest BCUT2D eigenvalue weighted by Gasteiger charge is -2.18. The van der Waals surface area contributed by atoms with E-state index in [0.29, 0.717) is 12.1 Å². The van der Waals surface area contributed by atoms with Gasteiger partial charge < -0.3 is 4.90 Å². The van der Waals surface area contributed by atoms with Gasteiger partial charge in [-0.1, -0.05) is 12.1 Å². The highest BCUT2D eigenvalue weighted by atomic mass is 15.1. The van der Waals surface area contributed by atoms with Crippen molar-refractivity contribution in [2.45, 2.75) is 37.8 Å². The Morgan fingerprint density at radius 1 is 1.04 bits per heavy atom. The standard InChI is InChI=1S/2C10H14N2/c2*1-12-7-3-5-10(12)9-4-2-6-11-8-9/h2*2,4,6,8,10H,3,5,7H2,1H3/p+2. The molecule has 0 aliphatic carbocycles. The normalized spacial score (nSPS) is 26.8. The van der Waals surface area contributed by atoms with E-state index in [-0.39, 0.29) is 1.43 Å². The third kappa shape index (κ3) is 4.19. The van der Waals surface area contributed by atoms with Crippen molar-refractivity contribution in [3.05, 3.63) is 60.2 Å². The molecule has 4 heterocycles. The summed E-state index contributed by atoms with van der Waals surface area (Å²) >= 11 is 0. The Bertz CT molecular complexity index is 552. The van der Waals surface area contributed by atoms with Crippen LogP contribution in [0.1, 0.15) is 50.3 Å². The maximum absolute atomic E-state index is 4.15. The van der Waals surface area contributed by atoms with E-state index in [1.807, 2.05) is 36.9 Å². The van der Waals surface area contributed by atoms with E-state index >= 15 is 0 Å². The first kappa shape index (κ1) is 17.1. The summed E-state index contributed by atoms with van der Waals surface area (Å²) in [6, 6.07) is 9.70. The Morgan fingerprint density at radius 3 is 2.25 bits per heavy atom. The van der Waals surface area contributed by atoms with Crippen molar-refractivity contribution in [1.82, 2.24) is 14.9 Å². The summed E-state index contributed by atoms with van der Waals surface area (Å²) in [5.74, 6) is 0. The number of hydrogen-bond acceptors (Lipinski definition) is 3. The lowest BCUT2D eigenvalue weighted by atomic mass is 10.1. The first-order chi connectivity index (χ1) is 11.8. The maximum atomic E-state index is 4.15.